The first-order valence-corrected chi connectivity index (χ1v) is 7.97. The molecule has 1 N–H and O–H groups in total. The van der Waals surface area contributed by atoms with Crippen LogP contribution in [0.2, 0.25) is 10.0 Å². The number of halogens is 2. The summed E-state index contributed by atoms with van der Waals surface area (Å²) in [5, 5.41) is 4.02. The van der Waals surface area contributed by atoms with Gasteiger partial charge in [-0.05, 0) is 23.8 Å². The Balaban J connectivity index is 2.16. The van der Waals surface area contributed by atoms with E-state index in [2.05, 4.69) is 5.32 Å². The molecular formula is C11H14Cl2N2O2S. The Kier molecular flexibility index (Phi) is 4.50. The number of nitrogens with one attached hydrogen (secondary N) is 1. The summed E-state index contributed by atoms with van der Waals surface area (Å²) in [6.45, 7) is 2.40. The first-order chi connectivity index (χ1) is 8.47. The third-order valence-corrected chi connectivity index (χ3v) is 5.03. The van der Waals surface area contributed by atoms with Gasteiger partial charge in [-0.2, -0.15) is 4.31 Å². The highest BCUT2D eigenvalue weighted by Crippen LogP contribution is 2.21. The fraction of sp³-hybridized carbons (Fsp3) is 0.455. The number of hydrogen-bond donors (Lipinski definition) is 1. The number of rotatable bonds is 3. The van der Waals surface area contributed by atoms with E-state index < -0.39 is 10.0 Å². The molecule has 0 saturated carbocycles. The van der Waals surface area contributed by atoms with Crippen LogP contribution in [0.3, 0.4) is 0 Å². The van der Waals surface area contributed by atoms with Gasteiger partial charge in [0, 0.05) is 36.2 Å². The SMILES string of the molecule is O=S(=O)(Cc1cc(Cl)cc(Cl)c1)N1CCNCC1. The van der Waals surface area contributed by atoms with E-state index in [4.69, 9.17) is 23.2 Å². The Morgan fingerprint density at radius 2 is 1.67 bits per heavy atom. The molecule has 18 heavy (non-hydrogen) atoms. The average molecular weight is 309 g/mol. The zero-order valence-electron chi connectivity index (χ0n) is 9.70. The van der Waals surface area contributed by atoms with Crippen molar-refractivity contribution in [2.45, 2.75) is 5.75 Å². The molecule has 0 aliphatic carbocycles. The zero-order chi connectivity index (χ0) is 13.2. The molecule has 0 bridgehead atoms. The van der Waals surface area contributed by atoms with E-state index in [9.17, 15) is 8.42 Å². The lowest BCUT2D eigenvalue weighted by Gasteiger charge is -2.26. The van der Waals surface area contributed by atoms with Crippen LogP contribution in [0.1, 0.15) is 5.56 Å². The molecule has 4 nitrogen and oxygen atoms in total. The normalized spacial score (nSPS) is 17.9. The van der Waals surface area contributed by atoms with Gasteiger partial charge >= 0.3 is 0 Å². The molecule has 2 rings (SSSR count). The van der Waals surface area contributed by atoms with Crippen molar-refractivity contribution in [3.05, 3.63) is 33.8 Å². The van der Waals surface area contributed by atoms with Crippen LogP contribution >= 0.6 is 23.2 Å². The summed E-state index contributed by atoms with van der Waals surface area (Å²) >= 11 is 11.7. The van der Waals surface area contributed by atoms with Gasteiger partial charge in [-0.15, -0.1) is 0 Å². The molecule has 1 saturated heterocycles. The van der Waals surface area contributed by atoms with Gasteiger partial charge in [0.25, 0.3) is 0 Å². The van der Waals surface area contributed by atoms with Crippen LogP contribution in [-0.2, 0) is 15.8 Å². The standard InChI is InChI=1S/C11H14Cl2N2O2S/c12-10-5-9(6-11(13)7-10)8-18(16,17)15-3-1-14-2-4-15/h5-7,14H,1-4,8H2. The smallest absolute Gasteiger partial charge is 0.218 e. The Morgan fingerprint density at radius 1 is 1.11 bits per heavy atom. The quantitative estimate of drug-likeness (QED) is 0.925. The lowest BCUT2D eigenvalue weighted by molar-refractivity contribution is 0.360. The van der Waals surface area contributed by atoms with Gasteiger partial charge in [0.05, 0.1) is 5.75 Å². The number of piperazine rings is 1. The molecule has 1 aliphatic heterocycles. The second-order valence-corrected chi connectivity index (χ2v) is 7.02. The lowest BCUT2D eigenvalue weighted by atomic mass is 10.2. The minimum absolute atomic E-state index is 0.0622. The molecule has 1 aromatic rings. The third-order valence-electron chi connectivity index (χ3n) is 2.74. The molecule has 0 atom stereocenters. The van der Waals surface area contributed by atoms with E-state index in [1.54, 1.807) is 18.2 Å². The van der Waals surface area contributed by atoms with Crippen molar-refractivity contribution in [2.75, 3.05) is 26.2 Å². The van der Waals surface area contributed by atoms with Crippen molar-refractivity contribution in [1.82, 2.24) is 9.62 Å². The van der Waals surface area contributed by atoms with Crippen LogP contribution in [0.15, 0.2) is 18.2 Å². The minimum atomic E-state index is -3.29. The number of hydrogen-bond acceptors (Lipinski definition) is 3. The highest BCUT2D eigenvalue weighted by atomic mass is 35.5. The molecule has 0 aromatic heterocycles. The van der Waals surface area contributed by atoms with Gasteiger partial charge in [-0.25, -0.2) is 8.42 Å². The van der Waals surface area contributed by atoms with Crippen molar-refractivity contribution in [2.24, 2.45) is 0 Å². The highest BCUT2D eigenvalue weighted by molar-refractivity contribution is 7.88. The average Bonchev–Trinajstić information content (AvgIpc) is 2.28. The molecule has 7 heteroatoms. The monoisotopic (exact) mass is 308 g/mol. The number of nitrogens with zero attached hydrogens (tertiary/aromatic N) is 1. The molecule has 1 aromatic carbocycles. The fourth-order valence-corrected chi connectivity index (χ4v) is 4.00. The minimum Gasteiger partial charge on any atom is -0.314 e. The molecule has 1 heterocycles. The largest absolute Gasteiger partial charge is 0.314 e. The maximum absolute atomic E-state index is 12.2. The summed E-state index contributed by atoms with van der Waals surface area (Å²) in [6, 6.07) is 4.85. The van der Waals surface area contributed by atoms with Crippen LogP contribution < -0.4 is 5.32 Å². The predicted octanol–water partition coefficient (Wildman–Crippen LogP) is 1.73. The maximum Gasteiger partial charge on any atom is 0.218 e. The summed E-state index contributed by atoms with van der Waals surface area (Å²) in [5.74, 6) is -0.0622. The number of benzene rings is 1. The predicted molar refractivity (Wildman–Crippen MR) is 73.5 cm³/mol. The van der Waals surface area contributed by atoms with Gasteiger partial charge in [0.2, 0.25) is 10.0 Å². The van der Waals surface area contributed by atoms with E-state index in [1.165, 1.54) is 4.31 Å². The Labute approximate surface area is 117 Å². The van der Waals surface area contributed by atoms with Crippen LogP contribution in [0.4, 0.5) is 0 Å². The second-order valence-electron chi connectivity index (χ2n) is 4.18. The Bertz CT molecular complexity index is 508. The van der Waals surface area contributed by atoms with Crippen LogP contribution in [0.25, 0.3) is 0 Å². The Morgan fingerprint density at radius 3 is 2.22 bits per heavy atom. The third kappa shape index (κ3) is 3.59. The Hall–Kier alpha value is -0.330. The lowest BCUT2D eigenvalue weighted by Crippen LogP contribution is -2.46. The van der Waals surface area contributed by atoms with Gasteiger partial charge < -0.3 is 5.32 Å². The van der Waals surface area contributed by atoms with Crippen LogP contribution in [0.5, 0.6) is 0 Å². The molecule has 0 radical (unpaired) electrons. The van der Waals surface area contributed by atoms with Crippen molar-refractivity contribution in [1.29, 1.82) is 0 Å². The fourth-order valence-electron chi connectivity index (χ4n) is 1.92. The maximum atomic E-state index is 12.2. The molecule has 0 unspecified atom stereocenters. The van der Waals surface area contributed by atoms with E-state index in [-0.39, 0.29) is 5.75 Å². The first kappa shape index (κ1) is 14.1. The van der Waals surface area contributed by atoms with Crippen LogP contribution in [0, 0.1) is 0 Å². The van der Waals surface area contributed by atoms with Gasteiger partial charge in [-0.1, -0.05) is 23.2 Å². The zero-order valence-corrected chi connectivity index (χ0v) is 12.0. The number of sulfonamides is 1. The van der Waals surface area contributed by atoms with E-state index in [0.717, 1.165) is 0 Å². The second kappa shape index (κ2) is 5.75. The summed E-state index contributed by atoms with van der Waals surface area (Å²) in [4.78, 5) is 0. The molecular weight excluding hydrogens is 295 g/mol. The van der Waals surface area contributed by atoms with Crippen molar-refractivity contribution in [3.8, 4) is 0 Å². The molecule has 0 amide bonds. The molecule has 1 aliphatic rings. The molecule has 100 valence electrons. The van der Waals surface area contributed by atoms with Gasteiger partial charge in [0.15, 0.2) is 0 Å². The topological polar surface area (TPSA) is 49.4 Å². The first-order valence-electron chi connectivity index (χ1n) is 5.61. The van der Waals surface area contributed by atoms with Crippen molar-refractivity contribution in [3.63, 3.8) is 0 Å². The van der Waals surface area contributed by atoms with E-state index >= 15 is 0 Å². The highest BCUT2D eigenvalue weighted by Gasteiger charge is 2.24. The van der Waals surface area contributed by atoms with Gasteiger partial charge in [0.1, 0.15) is 0 Å². The van der Waals surface area contributed by atoms with Crippen LogP contribution in [-0.4, -0.2) is 38.9 Å². The molecule has 0 spiro atoms. The van der Waals surface area contributed by atoms with Crippen molar-refractivity contribution >= 4 is 33.2 Å². The van der Waals surface area contributed by atoms with E-state index in [0.29, 0.717) is 41.8 Å². The van der Waals surface area contributed by atoms with E-state index in [1.807, 2.05) is 0 Å². The molecule has 1 fully saturated rings. The van der Waals surface area contributed by atoms with Crippen molar-refractivity contribution < 1.29 is 8.42 Å². The summed E-state index contributed by atoms with van der Waals surface area (Å²) in [6.07, 6.45) is 0. The summed E-state index contributed by atoms with van der Waals surface area (Å²) < 4.78 is 25.9. The van der Waals surface area contributed by atoms with Gasteiger partial charge in [-0.3, -0.25) is 0 Å². The summed E-state index contributed by atoms with van der Waals surface area (Å²) in [7, 11) is -3.29. The summed E-state index contributed by atoms with van der Waals surface area (Å²) in [5.41, 5.74) is 0.617.